The number of hydrogen-bond acceptors (Lipinski definition) is 6. The molecule has 0 bridgehead atoms. The molecule has 158 valence electrons. The third-order valence-corrected chi connectivity index (χ3v) is 6.15. The molecule has 0 amide bonds. The first-order chi connectivity index (χ1) is 15.2. The third-order valence-electron chi connectivity index (χ3n) is 5.01. The number of aromatic nitrogens is 3. The van der Waals surface area contributed by atoms with Crippen molar-refractivity contribution in [3.8, 4) is 22.1 Å². The Balaban J connectivity index is 1.28. The second-order valence-electron chi connectivity index (χ2n) is 7.26. The summed E-state index contributed by atoms with van der Waals surface area (Å²) in [5, 5.41) is 8.82. The molecule has 0 aliphatic carbocycles. The van der Waals surface area contributed by atoms with Crippen molar-refractivity contribution in [3.63, 3.8) is 0 Å². The highest BCUT2D eigenvalue weighted by Gasteiger charge is 2.14. The van der Waals surface area contributed by atoms with Gasteiger partial charge < -0.3 is 14.8 Å². The first-order valence-corrected chi connectivity index (χ1v) is 10.8. The van der Waals surface area contributed by atoms with Crippen LogP contribution in [-0.4, -0.2) is 28.0 Å². The van der Waals surface area contributed by atoms with Crippen molar-refractivity contribution in [2.45, 2.75) is 20.0 Å². The molecule has 5 rings (SSSR count). The molecule has 4 aromatic rings. The van der Waals surface area contributed by atoms with Gasteiger partial charge in [-0.2, -0.15) is 5.10 Å². The zero-order valence-corrected chi connectivity index (χ0v) is 17.8. The van der Waals surface area contributed by atoms with Crippen LogP contribution >= 0.6 is 11.3 Å². The molecule has 1 aliphatic heterocycles. The van der Waals surface area contributed by atoms with E-state index < -0.39 is 0 Å². The van der Waals surface area contributed by atoms with Gasteiger partial charge >= 0.3 is 0 Å². The summed E-state index contributed by atoms with van der Waals surface area (Å²) >= 11 is 1.56. The number of ether oxygens (including phenoxy) is 2. The lowest BCUT2D eigenvalue weighted by atomic mass is 10.2. The average Bonchev–Trinajstić information content (AvgIpc) is 3.40. The van der Waals surface area contributed by atoms with Crippen LogP contribution in [0.15, 0.2) is 54.7 Å². The van der Waals surface area contributed by atoms with E-state index in [1.54, 1.807) is 28.2 Å². The van der Waals surface area contributed by atoms with Crippen LogP contribution in [0.25, 0.3) is 10.6 Å². The maximum Gasteiger partial charge on any atom is 0.183 e. The molecule has 2 aromatic heterocycles. The summed E-state index contributed by atoms with van der Waals surface area (Å²) in [5.41, 5.74) is 3.44. The van der Waals surface area contributed by atoms with E-state index in [9.17, 15) is 4.39 Å². The minimum atomic E-state index is -0.223. The number of anilines is 1. The summed E-state index contributed by atoms with van der Waals surface area (Å²) < 4.78 is 26.9. The number of nitrogens with zero attached hydrogens (tertiary/aromatic N) is 3. The molecule has 8 heteroatoms. The Hall–Kier alpha value is -3.39. The molecule has 0 fully saturated rings. The van der Waals surface area contributed by atoms with E-state index in [0.717, 1.165) is 38.5 Å². The van der Waals surface area contributed by atoms with Crippen molar-refractivity contribution < 1.29 is 13.9 Å². The van der Waals surface area contributed by atoms with Gasteiger partial charge in [-0.05, 0) is 36.8 Å². The summed E-state index contributed by atoms with van der Waals surface area (Å²) in [6.45, 7) is 4.14. The molecular weight excluding hydrogens is 415 g/mol. The van der Waals surface area contributed by atoms with Crippen molar-refractivity contribution in [1.82, 2.24) is 14.8 Å². The standard InChI is InChI=1S/C23H21FN4O2S/c1-15-22(19-8-9-28(27-19)14-17-4-2-3-5-18(17)24)31-23(26-15)25-13-16-6-7-20-21(12-16)30-11-10-29-20/h2-9,12H,10-11,13-14H2,1H3,(H,25,26). The van der Waals surface area contributed by atoms with Gasteiger partial charge in [0.05, 0.1) is 17.1 Å². The van der Waals surface area contributed by atoms with E-state index in [0.29, 0.717) is 31.9 Å². The van der Waals surface area contributed by atoms with Crippen molar-refractivity contribution in [2.24, 2.45) is 0 Å². The summed E-state index contributed by atoms with van der Waals surface area (Å²) in [6.07, 6.45) is 1.86. The SMILES string of the molecule is Cc1nc(NCc2ccc3c(c2)OCCO3)sc1-c1ccn(Cc2ccccc2F)n1. The van der Waals surface area contributed by atoms with E-state index in [-0.39, 0.29) is 5.82 Å². The molecule has 0 atom stereocenters. The van der Waals surface area contributed by atoms with Gasteiger partial charge in [-0.3, -0.25) is 4.68 Å². The second kappa shape index (κ2) is 8.39. The molecule has 6 nitrogen and oxygen atoms in total. The van der Waals surface area contributed by atoms with Crippen molar-refractivity contribution in [3.05, 3.63) is 77.4 Å². The van der Waals surface area contributed by atoms with Crippen LogP contribution in [0.5, 0.6) is 11.5 Å². The molecule has 3 heterocycles. The largest absolute Gasteiger partial charge is 0.486 e. The molecule has 0 spiro atoms. The molecule has 1 aliphatic rings. The fourth-order valence-electron chi connectivity index (χ4n) is 3.46. The summed E-state index contributed by atoms with van der Waals surface area (Å²) in [5.74, 6) is 1.34. The van der Waals surface area contributed by atoms with E-state index >= 15 is 0 Å². The zero-order valence-electron chi connectivity index (χ0n) is 17.0. The van der Waals surface area contributed by atoms with E-state index in [4.69, 9.17) is 9.47 Å². The number of aryl methyl sites for hydroxylation is 1. The quantitative estimate of drug-likeness (QED) is 0.467. The van der Waals surface area contributed by atoms with Crippen LogP contribution in [0.3, 0.4) is 0 Å². The highest BCUT2D eigenvalue weighted by molar-refractivity contribution is 7.19. The van der Waals surface area contributed by atoms with Gasteiger partial charge in [-0.15, -0.1) is 0 Å². The van der Waals surface area contributed by atoms with Crippen molar-refractivity contribution >= 4 is 16.5 Å². The molecule has 0 saturated heterocycles. The minimum absolute atomic E-state index is 0.223. The molecule has 0 unspecified atom stereocenters. The highest BCUT2D eigenvalue weighted by Crippen LogP contribution is 2.33. The van der Waals surface area contributed by atoms with Crippen molar-refractivity contribution in [1.29, 1.82) is 0 Å². The highest BCUT2D eigenvalue weighted by atomic mass is 32.1. The van der Waals surface area contributed by atoms with Crippen LogP contribution in [0.4, 0.5) is 9.52 Å². The minimum Gasteiger partial charge on any atom is -0.486 e. The topological polar surface area (TPSA) is 61.2 Å². The van der Waals surface area contributed by atoms with Crippen LogP contribution in [0.2, 0.25) is 0 Å². The third kappa shape index (κ3) is 4.25. The number of nitrogens with one attached hydrogen (secondary N) is 1. The van der Waals surface area contributed by atoms with E-state index in [1.807, 2.05) is 43.5 Å². The molecule has 1 N–H and O–H groups in total. The van der Waals surface area contributed by atoms with Crippen LogP contribution in [-0.2, 0) is 13.1 Å². The van der Waals surface area contributed by atoms with Gasteiger partial charge in [-0.1, -0.05) is 35.6 Å². The van der Waals surface area contributed by atoms with Gasteiger partial charge in [0.15, 0.2) is 16.6 Å². The Morgan fingerprint density at radius 1 is 1.10 bits per heavy atom. The number of halogens is 1. The maximum atomic E-state index is 13.9. The number of fused-ring (bicyclic) bond motifs is 1. The fourth-order valence-corrected chi connectivity index (χ4v) is 4.38. The smallest absolute Gasteiger partial charge is 0.183 e. The predicted molar refractivity (Wildman–Crippen MR) is 118 cm³/mol. The fraction of sp³-hybridized carbons (Fsp3) is 0.217. The molecular formula is C23H21FN4O2S. The van der Waals surface area contributed by atoms with E-state index in [1.165, 1.54) is 6.07 Å². The van der Waals surface area contributed by atoms with Gasteiger partial charge in [0.2, 0.25) is 0 Å². The Kier molecular flexibility index (Phi) is 5.30. The van der Waals surface area contributed by atoms with Crippen LogP contribution in [0, 0.1) is 12.7 Å². The summed E-state index contributed by atoms with van der Waals surface area (Å²) in [7, 11) is 0. The lowest BCUT2D eigenvalue weighted by molar-refractivity contribution is 0.171. The number of rotatable bonds is 6. The Morgan fingerprint density at radius 3 is 2.81 bits per heavy atom. The maximum absolute atomic E-state index is 13.9. The monoisotopic (exact) mass is 436 g/mol. The van der Waals surface area contributed by atoms with Gasteiger partial charge in [0.1, 0.15) is 24.7 Å². The number of benzene rings is 2. The summed E-state index contributed by atoms with van der Waals surface area (Å²) in [4.78, 5) is 5.64. The average molecular weight is 437 g/mol. The molecule has 31 heavy (non-hydrogen) atoms. The second-order valence-corrected chi connectivity index (χ2v) is 8.25. The summed E-state index contributed by atoms with van der Waals surface area (Å²) in [6, 6.07) is 14.6. The number of hydrogen-bond donors (Lipinski definition) is 1. The van der Waals surface area contributed by atoms with Gasteiger partial charge in [0, 0.05) is 18.3 Å². The first kappa shape index (κ1) is 19.6. The van der Waals surface area contributed by atoms with Gasteiger partial charge in [0.25, 0.3) is 0 Å². The zero-order chi connectivity index (χ0) is 21.2. The number of thiazole rings is 1. The normalized spacial score (nSPS) is 12.7. The molecule has 0 saturated carbocycles. The lowest BCUT2D eigenvalue weighted by Crippen LogP contribution is -2.15. The molecule has 0 radical (unpaired) electrons. The van der Waals surface area contributed by atoms with Crippen LogP contribution < -0.4 is 14.8 Å². The van der Waals surface area contributed by atoms with Gasteiger partial charge in [-0.25, -0.2) is 9.37 Å². The molecule has 2 aromatic carbocycles. The van der Waals surface area contributed by atoms with Crippen molar-refractivity contribution in [2.75, 3.05) is 18.5 Å². The lowest BCUT2D eigenvalue weighted by Gasteiger charge is -2.18. The Labute approximate surface area is 183 Å². The van der Waals surface area contributed by atoms with Crippen LogP contribution in [0.1, 0.15) is 16.8 Å². The Morgan fingerprint density at radius 2 is 1.94 bits per heavy atom. The predicted octanol–water partition coefficient (Wildman–Crippen LogP) is 4.89. The Bertz CT molecular complexity index is 1220. The van der Waals surface area contributed by atoms with E-state index in [2.05, 4.69) is 15.4 Å². The first-order valence-electron chi connectivity index (χ1n) is 10.0.